The van der Waals surface area contributed by atoms with Crippen molar-refractivity contribution in [1.29, 1.82) is 0 Å². The molecule has 2 N–H and O–H groups in total. The molecule has 0 aromatic rings. The van der Waals surface area contributed by atoms with Crippen molar-refractivity contribution >= 4 is 5.97 Å². The minimum atomic E-state index is -0.423. The van der Waals surface area contributed by atoms with Crippen LogP contribution in [0.3, 0.4) is 0 Å². The molecule has 0 aliphatic carbocycles. The molecule has 0 rings (SSSR count). The third-order valence-corrected chi connectivity index (χ3v) is 5.41. The van der Waals surface area contributed by atoms with Gasteiger partial charge in [0.2, 0.25) is 0 Å². The van der Waals surface area contributed by atoms with Gasteiger partial charge in [-0.15, -0.1) is 0 Å². The second kappa shape index (κ2) is 21.7. The lowest BCUT2D eigenvalue weighted by Gasteiger charge is -2.11. The Labute approximate surface area is 170 Å². The van der Waals surface area contributed by atoms with Gasteiger partial charge < -0.3 is 10.5 Å². The van der Waals surface area contributed by atoms with Crippen LogP contribution >= 0.6 is 0 Å². The first-order valence-corrected chi connectivity index (χ1v) is 12.1. The van der Waals surface area contributed by atoms with Crippen molar-refractivity contribution in [2.45, 2.75) is 142 Å². The molecule has 0 radical (unpaired) electrons. The minimum absolute atomic E-state index is 0.200. The van der Waals surface area contributed by atoms with Crippen molar-refractivity contribution in [1.82, 2.24) is 0 Å². The Hall–Kier alpha value is -0.570. The average molecular weight is 384 g/mol. The minimum Gasteiger partial charge on any atom is -0.465 e. The summed E-state index contributed by atoms with van der Waals surface area (Å²) in [6.07, 6.45) is 23.9. The number of unbranched alkanes of at least 4 members (excludes halogenated alkanes) is 16. The summed E-state index contributed by atoms with van der Waals surface area (Å²) in [5.74, 6) is -0.200. The first-order valence-electron chi connectivity index (χ1n) is 12.1. The highest BCUT2D eigenvalue weighted by molar-refractivity contribution is 5.75. The fourth-order valence-corrected chi connectivity index (χ4v) is 3.49. The highest BCUT2D eigenvalue weighted by atomic mass is 16.5. The van der Waals surface area contributed by atoms with Gasteiger partial charge in [-0.1, -0.05) is 123 Å². The third-order valence-electron chi connectivity index (χ3n) is 5.41. The van der Waals surface area contributed by atoms with E-state index in [0.717, 1.165) is 25.7 Å². The Balaban J connectivity index is 3.31. The van der Waals surface area contributed by atoms with Crippen molar-refractivity contribution in [2.75, 3.05) is 6.61 Å². The van der Waals surface area contributed by atoms with Gasteiger partial charge in [0.1, 0.15) is 6.04 Å². The molecule has 3 heteroatoms. The summed E-state index contributed by atoms with van der Waals surface area (Å²) in [5, 5.41) is 0. The van der Waals surface area contributed by atoms with E-state index in [2.05, 4.69) is 13.8 Å². The molecular formula is C24H49NO2. The second-order valence-corrected chi connectivity index (χ2v) is 8.22. The lowest BCUT2D eigenvalue weighted by atomic mass is 10.1. The van der Waals surface area contributed by atoms with Crippen molar-refractivity contribution in [2.24, 2.45) is 5.73 Å². The summed E-state index contributed by atoms with van der Waals surface area (Å²) in [7, 11) is 0. The zero-order chi connectivity index (χ0) is 20.0. The van der Waals surface area contributed by atoms with E-state index in [-0.39, 0.29) is 5.97 Å². The highest BCUT2D eigenvalue weighted by Gasteiger charge is 2.14. The van der Waals surface area contributed by atoms with Gasteiger partial charge in [0, 0.05) is 0 Å². The van der Waals surface area contributed by atoms with Gasteiger partial charge in [0.05, 0.1) is 6.61 Å². The summed E-state index contributed by atoms with van der Waals surface area (Å²) < 4.78 is 5.33. The Morgan fingerprint density at radius 2 is 1.00 bits per heavy atom. The quantitative estimate of drug-likeness (QED) is 0.167. The first-order chi connectivity index (χ1) is 13.2. The predicted molar refractivity (Wildman–Crippen MR) is 118 cm³/mol. The maximum absolute atomic E-state index is 11.9. The summed E-state index contributed by atoms with van der Waals surface area (Å²) in [5.41, 5.74) is 5.95. The molecule has 0 bridgehead atoms. The lowest BCUT2D eigenvalue weighted by molar-refractivity contribution is -0.145. The molecule has 3 nitrogen and oxygen atoms in total. The van der Waals surface area contributed by atoms with Crippen LogP contribution in [0.2, 0.25) is 0 Å². The Kier molecular flexibility index (Phi) is 21.3. The molecule has 0 aromatic heterocycles. The van der Waals surface area contributed by atoms with Gasteiger partial charge in [0.25, 0.3) is 0 Å². The first kappa shape index (κ1) is 26.4. The van der Waals surface area contributed by atoms with Gasteiger partial charge in [-0.25, -0.2) is 0 Å². The van der Waals surface area contributed by atoms with E-state index in [9.17, 15) is 4.79 Å². The van der Waals surface area contributed by atoms with Gasteiger partial charge in [0.15, 0.2) is 0 Å². The number of rotatable bonds is 21. The van der Waals surface area contributed by atoms with Crippen LogP contribution in [0.4, 0.5) is 0 Å². The van der Waals surface area contributed by atoms with E-state index in [0.29, 0.717) is 6.61 Å². The second-order valence-electron chi connectivity index (χ2n) is 8.22. The number of carbonyl (C=O) groups is 1. The summed E-state index contributed by atoms with van der Waals surface area (Å²) in [4.78, 5) is 11.9. The maximum Gasteiger partial charge on any atom is 0.322 e. The summed E-state index contributed by atoms with van der Waals surface area (Å²) in [6.45, 7) is 5.05. The van der Waals surface area contributed by atoms with Crippen molar-refractivity contribution in [3.05, 3.63) is 0 Å². The van der Waals surface area contributed by atoms with E-state index in [1.807, 2.05) is 0 Å². The molecule has 0 spiro atoms. The molecule has 1 unspecified atom stereocenters. The Morgan fingerprint density at radius 1 is 0.630 bits per heavy atom. The molecule has 1 atom stereocenters. The summed E-state index contributed by atoms with van der Waals surface area (Å²) >= 11 is 0. The maximum atomic E-state index is 11.9. The van der Waals surface area contributed by atoms with Crippen molar-refractivity contribution in [3.63, 3.8) is 0 Å². The van der Waals surface area contributed by atoms with Crippen LogP contribution in [0.1, 0.15) is 136 Å². The molecule has 162 valence electrons. The van der Waals surface area contributed by atoms with Crippen molar-refractivity contribution in [3.8, 4) is 0 Å². The Bertz CT molecular complexity index is 307. The fourth-order valence-electron chi connectivity index (χ4n) is 3.49. The standard InChI is InChI=1S/C24H49NO2/c1-3-5-7-9-11-13-14-16-18-20-22-27-24(26)23(25)21-19-17-15-12-10-8-6-4-2/h23H,3-22,25H2,1-2H3. The average Bonchev–Trinajstić information content (AvgIpc) is 2.67. The smallest absolute Gasteiger partial charge is 0.322 e. The van der Waals surface area contributed by atoms with E-state index < -0.39 is 6.04 Å². The van der Waals surface area contributed by atoms with E-state index in [1.165, 1.54) is 96.3 Å². The number of hydrogen-bond acceptors (Lipinski definition) is 3. The van der Waals surface area contributed by atoms with Crippen LogP contribution in [-0.2, 0) is 9.53 Å². The van der Waals surface area contributed by atoms with E-state index in [1.54, 1.807) is 0 Å². The third kappa shape index (κ3) is 20.0. The Morgan fingerprint density at radius 3 is 1.44 bits per heavy atom. The SMILES string of the molecule is CCCCCCCCCCCCOC(=O)C(N)CCCCCCCCCC. The lowest BCUT2D eigenvalue weighted by Crippen LogP contribution is -2.32. The monoisotopic (exact) mass is 383 g/mol. The van der Waals surface area contributed by atoms with Gasteiger partial charge >= 0.3 is 5.97 Å². The van der Waals surface area contributed by atoms with Crippen LogP contribution in [-0.4, -0.2) is 18.6 Å². The molecule has 27 heavy (non-hydrogen) atoms. The van der Waals surface area contributed by atoms with Crippen LogP contribution < -0.4 is 5.73 Å². The van der Waals surface area contributed by atoms with Crippen LogP contribution in [0.25, 0.3) is 0 Å². The van der Waals surface area contributed by atoms with E-state index in [4.69, 9.17) is 10.5 Å². The summed E-state index contributed by atoms with van der Waals surface area (Å²) in [6, 6.07) is -0.423. The molecule has 0 aromatic carbocycles. The van der Waals surface area contributed by atoms with Crippen LogP contribution in [0.15, 0.2) is 0 Å². The van der Waals surface area contributed by atoms with Crippen LogP contribution in [0.5, 0.6) is 0 Å². The van der Waals surface area contributed by atoms with Gasteiger partial charge in [-0.2, -0.15) is 0 Å². The normalized spacial score (nSPS) is 12.3. The zero-order valence-corrected chi connectivity index (χ0v) is 18.6. The molecule has 0 aliphatic rings. The number of nitrogens with two attached hydrogens (primary N) is 1. The molecule has 0 heterocycles. The van der Waals surface area contributed by atoms with Gasteiger partial charge in [-0.05, 0) is 12.8 Å². The topological polar surface area (TPSA) is 52.3 Å². The molecule has 0 aliphatic heterocycles. The number of carbonyl (C=O) groups excluding carboxylic acids is 1. The number of ether oxygens (including phenoxy) is 1. The van der Waals surface area contributed by atoms with E-state index >= 15 is 0 Å². The predicted octanol–water partition coefficient (Wildman–Crippen LogP) is 7.31. The molecule has 0 saturated heterocycles. The van der Waals surface area contributed by atoms with Crippen LogP contribution in [0, 0.1) is 0 Å². The number of hydrogen-bond donors (Lipinski definition) is 1. The zero-order valence-electron chi connectivity index (χ0n) is 18.6. The van der Waals surface area contributed by atoms with Gasteiger partial charge in [-0.3, -0.25) is 4.79 Å². The number of esters is 1. The molecule has 0 fully saturated rings. The van der Waals surface area contributed by atoms with Crippen molar-refractivity contribution < 1.29 is 9.53 Å². The fraction of sp³-hybridized carbons (Fsp3) is 0.958. The largest absolute Gasteiger partial charge is 0.465 e. The molecule has 0 amide bonds. The molecular weight excluding hydrogens is 334 g/mol. The highest BCUT2D eigenvalue weighted by Crippen LogP contribution is 2.12. The molecule has 0 saturated carbocycles.